The molecule has 0 aromatic carbocycles. The lowest BCUT2D eigenvalue weighted by Crippen LogP contribution is -2.22. The van der Waals surface area contributed by atoms with Crippen LogP contribution in [-0.2, 0) is 16.6 Å². The molecule has 0 aliphatic heterocycles. The summed E-state index contributed by atoms with van der Waals surface area (Å²) in [4.78, 5) is 4.59. The highest BCUT2D eigenvalue weighted by molar-refractivity contribution is 7.89. The van der Waals surface area contributed by atoms with Gasteiger partial charge in [0.05, 0.1) is 22.0 Å². The first-order chi connectivity index (χ1) is 10.4. The van der Waals surface area contributed by atoms with Crippen molar-refractivity contribution in [2.24, 2.45) is 0 Å². The van der Waals surface area contributed by atoms with Crippen LogP contribution >= 0.6 is 0 Å². The Balaban J connectivity index is 2.06. The molecule has 3 rings (SSSR count). The number of aromatic nitrogens is 3. The number of nitrogens with zero attached hydrogens (tertiary/aromatic N) is 4. The van der Waals surface area contributed by atoms with E-state index < -0.39 is 10.0 Å². The summed E-state index contributed by atoms with van der Waals surface area (Å²) in [5, 5.41) is 4.61. The lowest BCUT2D eigenvalue weighted by molar-refractivity contribution is 0.520. The average Bonchev–Trinajstić information content (AvgIpc) is 3.26. The molecule has 7 heteroatoms. The topological polar surface area (TPSA) is 68.1 Å². The molecule has 0 amide bonds. The number of rotatable bonds is 5. The Morgan fingerprint density at radius 1 is 1.32 bits per heavy atom. The Labute approximate surface area is 130 Å². The Morgan fingerprint density at radius 3 is 2.64 bits per heavy atom. The Hall–Kier alpha value is -1.73. The molecule has 2 aromatic rings. The Kier molecular flexibility index (Phi) is 3.78. The molecule has 0 spiro atoms. The van der Waals surface area contributed by atoms with E-state index in [1.54, 1.807) is 6.07 Å². The minimum absolute atomic E-state index is 0.249. The number of hydrogen-bond acceptors (Lipinski definition) is 4. The van der Waals surface area contributed by atoms with Crippen LogP contribution in [0, 0.1) is 0 Å². The van der Waals surface area contributed by atoms with Gasteiger partial charge in [-0.25, -0.2) is 12.7 Å². The predicted octanol–water partition coefficient (Wildman–Crippen LogP) is 2.09. The largest absolute Gasteiger partial charge is 0.263 e. The van der Waals surface area contributed by atoms with Crippen molar-refractivity contribution in [2.75, 3.05) is 14.1 Å². The van der Waals surface area contributed by atoms with Gasteiger partial charge < -0.3 is 0 Å². The molecule has 22 heavy (non-hydrogen) atoms. The van der Waals surface area contributed by atoms with Crippen LogP contribution in [0.1, 0.15) is 31.4 Å². The number of sulfonamides is 1. The highest BCUT2D eigenvalue weighted by Crippen LogP contribution is 2.40. The van der Waals surface area contributed by atoms with Crippen molar-refractivity contribution < 1.29 is 8.42 Å². The van der Waals surface area contributed by atoms with Gasteiger partial charge in [0.2, 0.25) is 10.0 Å². The van der Waals surface area contributed by atoms with Crippen molar-refractivity contribution >= 4 is 10.0 Å². The van der Waals surface area contributed by atoms with Crippen LogP contribution in [-0.4, -0.2) is 41.6 Å². The standard InChI is InChI=1S/C15H20N4O2S/c1-4-19-15(10-13(17-19)11-5-6-11)14-9-12(7-8-16-14)22(20,21)18(2)3/h7-11H,4-6H2,1-3H3. The molecule has 1 fully saturated rings. The molecule has 0 atom stereocenters. The van der Waals surface area contributed by atoms with Crippen LogP contribution in [0.4, 0.5) is 0 Å². The Morgan fingerprint density at radius 2 is 2.05 bits per heavy atom. The van der Waals surface area contributed by atoms with E-state index >= 15 is 0 Å². The molecular weight excluding hydrogens is 300 g/mol. The molecule has 0 bridgehead atoms. The van der Waals surface area contributed by atoms with Crippen LogP contribution in [0.2, 0.25) is 0 Å². The molecule has 6 nitrogen and oxygen atoms in total. The smallest absolute Gasteiger partial charge is 0.242 e. The first kappa shape index (κ1) is 15.2. The van der Waals surface area contributed by atoms with E-state index in [0.717, 1.165) is 17.9 Å². The van der Waals surface area contributed by atoms with Crippen molar-refractivity contribution in [3.8, 4) is 11.4 Å². The maximum absolute atomic E-state index is 12.3. The Bertz CT molecular complexity index is 792. The fourth-order valence-corrected chi connectivity index (χ4v) is 3.30. The highest BCUT2D eigenvalue weighted by Gasteiger charge is 2.28. The normalized spacial score (nSPS) is 15.5. The molecule has 1 saturated carbocycles. The monoisotopic (exact) mass is 320 g/mol. The molecular formula is C15H20N4O2S. The van der Waals surface area contributed by atoms with Crippen LogP contribution in [0.15, 0.2) is 29.3 Å². The molecule has 2 aromatic heterocycles. The number of aryl methyl sites for hydroxylation is 1. The average molecular weight is 320 g/mol. The van der Waals surface area contributed by atoms with E-state index in [-0.39, 0.29) is 4.90 Å². The molecule has 1 aliphatic carbocycles. The van der Waals surface area contributed by atoms with E-state index in [9.17, 15) is 8.42 Å². The van der Waals surface area contributed by atoms with Crippen LogP contribution < -0.4 is 0 Å². The maximum Gasteiger partial charge on any atom is 0.242 e. The zero-order valence-electron chi connectivity index (χ0n) is 13.0. The summed E-state index contributed by atoms with van der Waals surface area (Å²) in [5.74, 6) is 0.556. The zero-order chi connectivity index (χ0) is 15.9. The van der Waals surface area contributed by atoms with Gasteiger partial charge in [0.1, 0.15) is 0 Å². The van der Waals surface area contributed by atoms with Crippen LogP contribution in [0.5, 0.6) is 0 Å². The van der Waals surface area contributed by atoms with Gasteiger partial charge in [-0.3, -0.25) is 9.67 Å². The third-order valence-electron chi connectivity index (χ3n) is 3.87. The SMILES string of the molecule is CCn1nc(C2CC2)cc1-c1cc(S(=O)(=O)N(C)C)ccn1. The molecule has 0 radical (unpaired) electrons. The van der Waals surface area contributed by atoms with E-state index in [4.69, 9.17) is 0 Å². The van der Waals surface area contributed by atoms with E-state index in [1.165, 1.54) is 43.5 Å². The predicted molar refractivity (Wildman–Crippen MR) is 84.0 cm³/mol. The van der Waals surface area contributed by atoms with Gasteiger partial charge in [0, 0.05) is 32.8 Å². The fraction of sp³-hybridized carbons (Fsp3) is 0.467. The maximum atomic E-state index is 12.3. The van der Waals surface area contributed by atoms with E-state index in [1.807, 2.05) is 17.7 Å². The summed E-state index contributed by atoms with van der Waals surface area (Å²) in [6.45, 7) is 2.75. The molecule has 118 valence electrons. The van der Waals surface area contributed by atoms with Gasteiger partial charge >= 0.3 is 0 Å². The second-order valence-corrected chi connectivity index (χ2v) is 7.86. The van der Waals surface area contributed by atoms with Crippen molar-refractivity contribution in [2.45, 2.75) is 37.1 Å². The fourth-order valence-electron chi connectivity index (χ4n) is 2.39. The molecule has 1 aliphatic rings. The number of hydrogen-bond donors (Lipinski definition) is 0. The first-order valence-corrected chi connectivity index (χ1v) is 8.84. The van der Waals surface area contributed by atoms with E-state index in [0.29, 0.717) is 11.6 Å². The van der Waals surface area contributed by atoms with Gasteiger partial charge in [-0.15, -0.1) is 0 Å². The van der Waals surface area contributed by atoms with Crippen molar-refractivity contribution in [1.29, 1.82) is 0 Å². The molecule has 2 heterocycles. The quantitative estimate of drug-likeness (QED) is 0.846. The summed E-state index contributed by atoms with van der Waals surface area (Å²) in [5.41, 5.74) is 2.60. The minimum Gasteiger partial charge on any atom is -0.263 e. The van der Waals surface area contributed by atoms with Crippen LogP contribution in [0.3, 0.4) is 0 Å². The van der Waals surface area contributed by atoms with Crippen molar-refractivity contribution in [3.63, 3.8) is 0 Å². The summed E-state index contributed by atoms with van der Waals surface area (Å²) >= 11 is 0. The van der Waals surface area contributed by atoms with Crippen molar-refractivity contribution in [1.82, 2.24) is 19.1 Å². The highest BCUT2D eigenvalue weighted by atomic mass is 32.2. The lowest BCUT2D eigenvalue weighted by atomic mass is 10.2. The van der Waals surface area contributed by atoms with Gasteiger partial charge in [-0.2, -0.15) is 5.10 Å². The zero-order valence-corrected chi connectivity index (χ0v) is 13.8. The third-order valence-corrected chi connectivity index (χ3v) is 5.68. The summed E-state index contributed by atoms with van der Waals surface area (Å²) in [7, 11) is -0.411. The molecule has 0 N–H and O–H groups in total. The molecule has 0 unspecified atom stereocenters. The summed E-state index contributed by atoms with van der Waals surface area (Å²) in [6.07, 6.45) is 3.90. The van der Waals surface area contributed by atoms with Crippen LogP contribution in [0.25, 0.3) is 11.4 Å². The van der Waals surface area contributed by atoms with Gasteiger partial charge in [-0.05, 0) is 38.0 Å². The first-order valence-electron chi connectivity index (χ1n) is 7.40. The lowest BCUT2D eigenvalue weighted by Gasteiger charge is -2.12. The second-order valence-electron chi connectivity index (χ2n) is 5.71. The number of pyridine rings is 1. The van der Waals surface area contributed by atoms with Gasteiger partial charge in [-0.1, -0.05) is 0 Å². The molecule has 0 saturated heterocycles. The summed E-state index contributed by atoms with van der Waals surface area (Å²) in [6, 6.07) is 5.18. The second kappa shape index (κ2) is 5.48. The summed E-state index contributed by atoms with van der Waals surface area (Å²) < 4.78 is 27.6. The minimum atomic E-state index is -3.46. The van der Waals surface area contributed by atoms with Gasteiger partial charge in [0.25, 0.3) is 0 Å². The van der Waals surface area contributed by atoms with E-state index in [2.05, 4.69) is 10.1 Å². The third kappa shape index (κ3) is 2.66. The van der Waals surface area contributed by atoms with Crippen molar-refractivity contribution in [3.05, 3.63) is 30.1 Å². The van der Waals surface area contributed by atoms with Gasteiger partial charge in [0.15, 0.2) is 0 Å².